The third kappa shape index (κ3) is 3.04. The van der Waals surface area contributed by atoms with E-state index in [-0.39, 0.29) is 6.04 Å². The minimum atomic E-state index is 0.0486. The van der Waals surface area contributed by atoms with Crippen molar-refractivity contribution in [1.29, 1.82) is 0 Å². The molecule has 4 heteroatoms. The zero-order valence-corrected chi connectivity index (χ0v) is 10.2. The molecular weight excluding hydrogens is 216 g/mol. The summed E-state index contributed by atoms with van der Waals surface area (Å²) in [4.78, 5) is 0. The highest BCUT2D eigenvalue weighted by Gasteiger charge is 2.15. The number of nitrogens with one attached hydrogen (secondary N) is 1. The van der Waals surface area contributed by atoms with Crippen LogP contribution in [-0.2, 0) is 22.7 Å². The molecule has 0 radical (unpaired) electrons. The van der Waals surface area contributed by atoms with Gasteiger partial charge in [-0.2, -0.15) is 0 Å². The minimum absolute atomic E-state index is 0.0486. The zero-order chi connectivity index (χ0) is 12.1. The van der Waals surface area contributed by atoms with Crippen molar-refractivity contribution in [3.8, 4) is 0 Å². The first-order valence-electron chi connectivity index (χ1n) is 6.08. The summed E-state index contributed by atoms with van der Waals surface area (Å²) in [6.07, 6.45) is 1.02. The molecule has 1 atom stereocenters. The summed E-state index contributed by atoms with van der Waals surface area (Å²) in [5.41, 5.74) is 6.50. The average Bonchev–Trinajstić information content (AvgIpc) is 2.82. The summed E-state index contributed by atoms with van der Waals surface area (Å²) in [5, 5.41) is 0. The summed E-state index contributed by atoms with van der Waals surface area (Å²) in [6, 6.07) is 6.41. The van der Waals surface area contributed by atoms with Gasteiger partial charge in [0.2, 0.25) is 0 Å². The molecule has 0 amide bonds. The second-order valence-corrected chi connectivity index (χ2v) is 4.32. The van der Waals surface area contributed by atoms with E-state index in [1.54, 1.807) is 0 Å². The van der Waals surface area contributed by atoms with Crippen LogP contribution in [-0.4, -0.2) is 13.2 Å². The lowest BCUT2D eigenvalue weighted by molar-refractivity contribution is 0.112. The van der Waals surface area contributed by atoms with Crippen molar-refractivity contribution in [3.05, 3.63) is 34.9 Å². The topological polar surface area (TPSA) is 56.5 Å². The molecule has 1 unspecified atom stereocenters. The zero-order valence-electron chi connectivity index (χ0n) is 10.2. The second-order valence-electron chi connectivity index (χ2n) is 4.32. The normalized spacial score (nSPS) is 15.9. The summed E-state index contributed by atoms with van der Waals surface area (Å²) < 4.78 is 10.9. The standard InChI is InChI=1S/C13H20N2O2/c1-2-5-16-9-13(15-14)10-3-4-11-7-17-8-12(11)6-10/h3-4,6,13,15H,2,5,7-9,14H2,1H3. The fourth-order valence-electron chi connectivity index (χ4n) is 1.99. The molecule has 1 aromatic carbocycles. The first-order valence-corrected chi connectivity index (χ1v) is 6.08. The molecule has 1 heterocycles. The van der Waals surface area contributed by atoms with Gasteiger partial charge in [0.15, 0.2) is 0 Å². The molecule has 0 spiro atoms. The summed E-state index contributed by atoms with van der Waals surface area (Å²) in [7, 11) is 0. The Bertz CT molecular complexity index is 368. The van der Waals surface area contributed by atoms with Gasteiger partial charge in [0.25, 0.3) is 0 Å². The van der Waals surface area contributed by atoms with Gasteiger partial charge in [-0.1, -0.05) is 25.1 Å². The van der Waals surface area contributed by atoms with Crippen molar-refractivity contribution in [2.24, 2.45) is 5.84 Å². The summed E-state index contributed by atoms with van der Waals surface area (Å²) >= 11 is 0. The Balaban J connectivity index is 2.03. The SMILES string of the molecule is CCCOCC(NN)c1ccc2c(c1)COC2. The van der Waals surface area contributed by atoms with E-state index in [2.05, 4.69) is 30.5 Å². The lowest BCUT2D eigenvalue weighted by atomic mass is 10.0. The third-order valence-corrected chi connectivity index (χ3v) is 2.98. The van der Waals surface area contributed by atoms with Gasteiger partial charge in [-0.05, 0) is 23.1 Å². The van der Waals surface area contributed by atoms with Crippen LogP contribution in [0, 0.1) is 0 Å². The Hall–Kier alpha value is -0.940. The maximum atomic E-state index is 5.57. The Labute approximate surface area is 102 Å². The van der Waals surface area contributed by atoms with E-state index in [4.69, 9.17) is 15.3 Å². The van der Waals surface area contributed by atoms with Crippen LogP contribution in [0.2, 0.25) is 0 Å². The highest BCUT2D eigenvalue weighted by Crippen LogP contribution is 2.23. The maximum absolute atomic E-state index is 5.57. The first kappa shape index (κ1) is 12.5. The first-order chi connectivity index (χ1) is 8.35. The molecule has 1 aliphatic rings. The Morgan fingerprint density at radius 2 is 2.24 bits per heavy atom. The van der Waals surface area contributed by atoms with Gasteiger partial charge in [0, 0.05) is 6.61 Å². The van der Waals surface area contributed by atoms with E-state index in [1.807, 2.05) is 0 Å². The Morgan fingerprint density at radius 1 is 1.41 bits per heavy atom. The fourth-order valence-corrected chi connectivity index (χ4v) is 1.99. The molecule has 3 N–H and O–H groups in total. The maximum Gasteiger partial charge on any atom is 0.0725 e. The van der Waals surface area contributed by atoms with Crippen LogP contribution in [0.3, 0.4) is 0 Å². The Morgan fingerprint density at radius 3 is 3.00 bits per heavy atom. The molecule has 1 aliphatic heterocycles. The molecule has 0 aliphatic carbocycles. The van der Waals surface area contributed by atoms with Crippen LogP contribution in [0.25, 0.3) is 0 Å². The number of fused-ring (bicyclic) bond motifs is 1. The predicted molar refractivity (Wildman–Crippen MR) is 66.1 cm³/mol. The molecule has 1 aromatic rings. The van der Waals surface area contributed by atoms with E-state index in [0.717, 1.165) is 25.2 Å². The third-order valence-electron chi connectivity index (χ3n) is 2.98. The fraction of sp³-hybridized carbons (Fsp3) is 0.538. The van der Waals surface area contributed by atoms with E-state index >= 15 is 0 Å². The molecular formula is C13H20N2O2. The molecule has 0 aromatic heterocycles. The van der Waals surface area contributed by atoms with Crippen LogP contribution in [0.5, 0.6) is 0 Å². The molecule has 4 nitrogen and oxygen atoms in total. The van der Waals surface area contributed by atoms with Gasteiger partial charge in [-0.25, -0.2) is 0 Å². The molecule has 17 heavy (non-hydrogen) atoms. The van der Waals surface area contributed by atoms with Gasteiger partial charge in [-0.3, -0.25) is 11.3 Å². The quantitative estimate of drug-likeness (QED) is 0.448. The minimum Gasteiger partial charge on any atom is -0.379 e. The summed E-state index contributed by atoms with van der Waals surface area (Å²) in [6.45, 7) is 4.90. The van der Waals surface area contributed by atoms with Gasteiger partial charge >= 0.3 is 0 Å². The van der Waals surface area contributed by atoms with Crippen molar-refractivity contribution in [1.82, 2.24) is 5.43 Å². The largest absolute Gasteiger partial charge is 0.379 e. The van der Waals surface area contributed by atoms with Crippen LogP contribution in [0.4, 0.5) is 0 Å². The lowest BCUT2D eigenvalue weighted by Crippen LogP contribution is -2.31. The monoisotopic (exact) mass is 236 g/mol. The second kappa shape index (κ2) is 6.12. The van der Waals surface area contributed by atoms with Crippen molar-refractivity contribution < 1.29 is 9.47 Å². The van der Waals surface area contributed by atoms with Crippen LogP contribution < -0.4 is 11.3 Å². The predicted octanol–water partition coefficient (Wildman–Crippen LogP) is 1.65. The Kier molecular flexibility index (Phi) is 4.50. The molecule has 0 saturated heterocycles. The van der Waals surface area contributed by atoms with E-state index in [0.29, 0.717) is 13.2 Å². The van der Waals surface area contributed by atoms with Crippen molar-refractivity contribution in [2.45, 2.75) is 32.6 Å². The van der Waals surface area contributed by atoms with Crippen molar-refractivity contribution >= 4 is 0 Å². The van der Waals surface area contributed by atoms with Crippen LogP contribution in [0.15, 0.2) is 18.2 Å². The molecule has 0 bridgehead atoms. The smallest absolute Gasteiger partial charge is 0.0725 e. The van der Waals surface area contributed by atoms with Gasteiger partial charge in [0.05, 0.1) is 25.9 Å². The number of rotatable bonds is 6. The highest BCUT2D eigenvalue weighted by atomic mass is 16.5. The van der Waals surface area contributed by atoms with Crippen molar-refractivity contribution in [3.63, 3.8) is 0 Å². The number of hydrogen-bond donors (Lipinski definition) is 2. The van der Waals surface area contributed by atoms with Crippen molar-refractivity contribution in [2.75, 3.05) is 13.2 Å². The molecule has 0 fully saturated rings. The average molecular weight is 236 g/mol. The van der Waals surface area contributed by atoms with Crippen LogP contribution >= 0.6 is 0 Å². The number of ether oxygens (including phenoxy) is 2. The van der Waals surface area contributed by atoms with E-state index in [9.17, 15) is 0 Å². The van der Waals surface area contributed by atoms with E-state index in [1.165, 1.54) is 11.1 Å². The molecule has 2 rings (SSSR count). The molecule has 0 saturated carbocycles. The van der Waals surface area contributed by atoms with Gasteiger partial charge < -0.3 is 9.47 Å². The molecule has 94 valence electrons. The van der Waals surface area contributed by atoms with Crippen LogP contribution in [0.1, 0.15) is 36.1 Å². The number of hydrogen-bond acceptors (Lipinski definition) is 4. The number of hydrazine groups is 1. The highest BCUT2D eigenvalue weighted by molar-refractivity contribution is 5.34. The summed E-state index contributed by atoms with van der Waals surface area (Å²) in [5.74, 6) is 5.57. The number of benzene rings is 1. The number of nitrogens with two attached hydrogens (primary N) is 1. The van der Waals surface area contributed by atoms with Gasteiger partial charge in [-0.15, -0.1) is 0 Å². The van der Waals surface area contributed by atoms with Gasteiger partial charge in [0.1, 0.15) is 0 Å². The lowest BCUT2D eigenvalue weighted by Gasteiger charge is -2.17. The van der Waals surface area contributed by atoms with E-state index < -0.39 is 0 Å².